The van der Waals surface area contributed by atoms with E-state index in [9.17, 15) is 8.78 Å². The maximum Gasteiger partial charge on any atom is 0.182 e. The van der Waals surface area contributed by atoms with E-state index in [4.69, 9.17) is 5.73 Å². The van der Waals surface area contributed by atoms with Crippen LogP contribution < -0.4 is 10.6 Å². The summed E-state index contributed by atoms with van der Waals surface area (Å²) in [5, 5.41) is 0. The van der Waals surface area contributed by atoms with Gasteiger partial charge in [0.05, 0.1) is 5.69 Å². The lowest BCUT2D eigenvalue weighted by Crippen LogP contribution is -2.30. The summed E-state index contributed by atoms with van der Waals surface area (Å²) in [5.41, 5.74) is 5.85. The fraction of sp³-hybridized carbons (Fsp3) is 0.538. The Hall–Kier alpha value is -0.810. The van der Waals surface area contributed by atoms with Crippen LogP contribution in [-0.4, -0.2) is 25.1 Å². The molecule has 0 aliphatic carbocycles. The average Bonchev–Trinajstić information content (AvgIpc) is 2.38. The number of benzene rings is 1. The van der Waals surface area contributed by atoms with Gasteiger partial charge in [-0.15, -0.1) is 0 Å². The first-order valence-corrected chi connectivity index (χ1v) is 7.31. The molecule has 1 aromatic carbocycles. The summed E-state index contributed by atoms with van der Waals surface area (Å²) < 4.78 is 27.6. The number of nitrogens with zero attached hydrogens (tertiary/aromatic N) is 1. The number of nitrogens with two attached hydrogens (primary N) is 1. The molecule has 0 fully saturated rings. The van der Waals surface area contributed by atoms with Gasteiger partial charge in [0.1, 0.15) is 0 Å². The Kier molecular flexibility index (Phi) is 5.88. The molecule has 1 atom stereocenters. The highest BCUT2D eigenvalue weighted by Crippen LogP contribution is 2.25. The molecule has 0 saturated heterocycles. The van der Waals surface area contributed by atoms with E-state index in [1.165, 1.54) is 0 Å². The second kappa shape index (κ2) is 6.95. The molecule has 0 aliphatic rings. The van der Waals surface area contributed by atoms with E-state index in [0.29, 0.717) is 5.69 Å². The van der Waals surface area contributed by atoms with Gasteiger partial charge in [-0.1, -0.05) is 6.07 Å². The molecule has 0 aromatic heterocycles. The van der Waals surface area contributed by atoms with Gasteiger partial charge in [-0.25, -0.2) is 8.78 Å². The highest BCUT2D eigenvalue weighted by atomic mass is 32.2. The number of hydrogen-bond donors (Lipinski definition) is 1. The van der Waals surface area contributed by atoms with E-state index >= 15 is 0 Å². The monoisotopic (exact) mass is 274 g/mol. The number of rotatable bonds is 6. The second-order valence-corrected chi connectivity index (χ2v) is 5.30. The first-order chi connectivity index (χ1) is 8.52. The fourth-order valence-corrected chi connectivity index (χ4v) is 2.31. The molecule has 0 saturated carbocycles. The van der Waals surface area contributed by atoms with Crippen molar-refractivity contribution in [1.82, 2.24) is 0 Å². The van der Waals surface area contributed by atoms with Gasteiger partial charge in [0.2, 0.25) is 0 Å². The lowest BCUT2D eigenvalue weighted by atomic mass is 10.1. The van der Waals surface area contributed by atoms with E-state index in [1.54, 1.807) is 35.8 Å². The molecular formula is C13H20F2N2S. The van der Waals surface area contributed by atoms with Crippen molar-refractivity contribution in [1.29, 1.82) is 0 Å². The van der Waals surface area contributed by atoms with Gasteiger partial charge < -0.3 is 10.6 Å². The van der Waals surface area contributed by atoms with Gasteiger partial charge in [0, 0.05) is 25.2 Å². The third-order valence-corrected chi connectivity index (χ3v) is 3.79. The molecule has 18 heavy (non-hydrogen) atoms. The zero-order valence-electron chi connectivity index (χ0n) is 11.0. The predicted octanol–water partition coefficient (Wildman–Crippen LogP) is 3.00. The zero-order chi connectivity index (χ0) is 13.7. The van der Waals surface area contributed by atoms with Crippen molar-refractivity contribution >= 4 is 17.4 Å². The normalized spacial score (nSPS) is 12.6. The molecule has 102 valence electrons. The van der Waals surface area contributed by atoms with Crippen molar-refractivity contribution in [3.05, 3.63) is 29.3 Å². The summed E-state index contributed by atoms with van der Waals surface area (Å²) in [6, 6.07) is 3.30. The van der Waals surface area contributed by atoms with Crippen LogP contribution in [-0.2, 0) is 6.54 Å². The van der Waals surface area contributed by atoms with Crippen LogP contribution in [0.25, 0.3) is 0 Å². The molecule has 2 N–H and O–H groups in total. The lowest BCUT2D eigenvalue weighted by molar-refractivity contribution is 0.494. The molecule has 0 heterocycles. The van der Waals surface area contributed by atoms with Crippen molar-refractivity contribution in [3.63, 3.8) is 0 Å². The van der Waals surface area contributed by atoms with Gasteiger partial charge >= 0.3 is 0 Å². The van der Waals surface area contributed by atoms with Gasteiger partial charge in [-0.05, 0) is 31.4 Å². The van der Waals surface area contributed by atoms with E-state index in [0.717, 1.165) is 12.2 Å². The van der Waals surface area contributed by atoms with Crippen LogP contribution in [0.5, 0.6) is 0 Å². The minimum Gasteiger partial charge on any atom is -0.369 e. The van der Waals surface area contributed by atoms with Crippen LogP contribution in [0.3, 0.4) is 0 Å². The molecule has 1 aromatic rings. The number of thioether (sulfide) groups is 1. The number of anilines is 1. The first kappa shape index (κ1) is 15.2. The second-order valence-electron chi connectivity index (χ2n) is 4.32. The summed E-state index contributed by atoms with van der Waals surface area (Å²) in [5.74, 6) is -0.647. The van der Waals surface area contributed by atoms with E-state index in [-0.39, 0.29) is 18.2 Å². The van der Waals surface area contributed by atoms with Gasteiger partial charge in [0.15, 0.2) is 11.6 Å². The predicted molar refractivity (Wildman–Crippen MR) is 75.1 cm³/mol. The Morgan fingerprint density at radius 2 is 2.00 bits per heavy atom. The first-order valence-electron chi connectivity index (χ1n) is 5.91. The van der Waals surface area contributed by atoms with Crippen molar-refractivity contribution in [2.45, 2.75) is 25.9 Å². The molecule has 1 unspecified atom stereocenters. The van der Waals surface area contributed by atoms with Crippen LogP contribution in [0.4, 0.5) is 14.5 Å². The lowest BCUT2D eigenvalue weighted by Gasteiger charge is -2.27. The van der Waals surface area contributed by atoms with Crippen LogP contribution in [0.15, 0.2) is 12.1 Å². The molecule has 0 spiro atoms. The van der Waals surface area contributed by atoms with Crippen molar-refractivity contribution in [2.75, 3.05) is 24.0 Å². The molecule has 2 nitrogen and oxygen atoms in total. The third-order valence-electron chi connectivity index (χ3n) is 3.14. The van der Waals surface area contributed by atoms with Crippen molar-refractivity contribution < 1.29 is 8.78 Å². The van der Waals surface area contributed by atoms with Crippen molar-refractivity contribution in [2.24, 2.45) is 5.73 Å². The Labute approximate surface area is 112 Å². The minimum absolute atomic E-state index is 0.00871. The maximum absolute atomic E-state index is 13.9. The van der Waals surface area contributed by atoms with Gasteiger partial charge in [-0.3, -0.25) is 0 Å². The molecule has 0 radical (unpaired) electrons. The molecule has 5 heteroatoms. The minimum atomic E-state index is -0.834. The Morgan fingerprint density at radius 1 is 1.33 bits per heavy atom. The molecule has 1 rings (SSSR count). The van der Waals surface area contributed by atoms with Gasteiger partial charge in [0.25, 0.3) is 0 Å². The summed E-state index contributed by atoms with van der Waals surface area (Å²) in [6.45, 7) is 2.01. The quantitative estimate of drug-likeness (QED) is 0.864. The zero-order valence-corrected chi connectivity index (χ0v) is 11.9. The number of halogens is 2. The summed E-state index contributed by atoms with van der Waals surface area (Å²) in [7, 11) is 1.78. The Balaban J connectivity index is 2.92. The standard InChI is InChI=1S/C13H20F2N2S/c1-9(6-7-18-3)17(2)11-5-4-10(8-16)12(14)13(11)15/h4-5,9H,6-8,16H2,1-3H3. The maximum atomic E-state index is 13.9. The van der Waals surface area contributed by atoms with Gasteiger partial charge in [-0.2, -0.15) is 11.8 Å². The van der Waals surface area contributed by atoms with Crippen LogP contribution in [0, 0.1) is 11.6 Å². The Bertz CT molecular complexity index is 399. The largest absolute Gasteiger partial charge is 0.369 e. The van der Waals surface area contributed by atoms with Crippen LogP contribution >= 0.6 is 11.8 Å². The summed E-state index contributed by atoms with van der Waals surface area (Å²) >= 11 is 1.74. The van der Waals surface area contributed by atoms with Crippen molar-refractivity contribution in [3.8, 4) is 0 Å². The van der Waals surface area contributed by atoms with Crippen LogP contribution in [0.2, 0.25) is 0 Å². The molecule has 0 aliphatic heterocycles. The SMILES string of the molecule is CSCCC(C)N(C)c1ccc(CN)c(F)c1F. The van der Waals surface area contributed by atoms with E-state index < -0.39 is 11.6 Å². The smallest absolute Gasteiger partial charge is 0.182 e. The molecular weight excluding hydrogens is 254 g/mol. The fourth-order valence-electron chi connectivity index (χ4n) is 1.73. The highest BCUT2D eigenvalue weighted by Gasteiger charge is 2.18. The Morgan fingerprint density at radius 3 is 2.56 bits per heavy atom. The third kappa shape index (κ3) is 3.36. The highest BCUT2D eigenvalue weighted by molar-refractivity contribution is 7.98. The topological polar surface area (TPSA) is 29.3 Å². The summed E-state index contributed by atoms with van der Waals surface area (Å²) in [4.78, 5) is 1.77. The van der Waals surface area contributed by atoms with E-state index in [2.05, 4.69) is 0 Å². The van der Waals surface area contributed by atoms with Crippen LogP contribution in [0.1, 0.15) is 18.9 Å². The molecule has 0 bridgehead atoms. The molecule has 0 amide bonds. The van der Waals surface area contributed by atoms with E-state index in [1.807, 2.05) is 13.2 Å². The number of hydrogen-bond acceptors (Lipinski definition) is 3. The average molecular weight is 274 g/mol. The summed E-state index contributed by atoms with van der Waals surface area (Å²) in [6.07, 6.45) is 2.96.